The van der Waals surface area contributed by atoms with Gasteiger partial charge in [-0.2, -0.15) is 15.0 Å². The first kappa shape index (κ1) is 14.9. The molecule has 2 aromatic rings. The van der Waals surface area contributed by atoms with Crippen LogP contribution >= 0.6 is 0 Å². The molecular weight excluding hydrogens is 290 g/mol. The molecule has 1 aromatic heterocycles. The third-order valence-corrected chi connectivity index (χ3v) is 3.01. The zero-order valence-electron chi connectivity index (χ0n) is 11.3. The number of carboxylic acid groups (broad SMARTS) is 2. The lowest BCUT2D eigenvalue weighted by molar-refractivity contribution is 0.0680. The Balaban J connectivity index is 2.73. The van der Waals surface area contributed by atoms with Crippen LogP contribution in [0.5, 0.6) is 0 Å². The Kier molecular flexibility index (Phi) is 3.73. The normalized spacial score (nSPS) is 10.0. The summed E-state index contributed by atoms with van der Waals surface area (Å²) in [7, 11) is 0. The number of benzene rings is 1. The molecule has 0 saturated carbocycles. The Hall–Kier alpha value is -3.47. The molecule has 0 atom stereocenters. The quantitative estimate of drug-likeness (QED) is 0.856. The Bertz CT molecular complexity index is 875. The molecule has 22 heavy (non-hydrogen) atoms. The van der Waals surface area contributed by atoms with Crippen molar-refractivity contribution in [2.75, 3.05) is 0 Å². The number of hydrogen-bond donors (Lipinski definition) is 2. The Morgan fingerprint density at radius 2 is 1.77 bits per heavy atom. The summed E-state index contributed by atoms with van der Waals surface area (Å²) in [6, 6.07) is 6.78. The minimum Gasteiger partial charge on any atom is -0.478 e. The lowest BCUT2D eigenvalue weighted by Gasteiger charge is -2.09. The van der Waals surface area contributed by atoms with Gasteiger partial charge in [0.05, 0.1) is 11.3 Å². The molecule has 8 heteroatoms. The van der Waals surface area contributed by atoms with Gasteiger partial charge in [-0.05, 0) is 31.2 Å². The summed E-state index contributed by atoms with van der Waals surface area (Å²) in [5.74, 6) is -2.51. The third kappa shape index (κ3) is 2.43. The largest absolute Gasteiger partial charge is 0.478 e. The Morgan fingerprint density at radius 1 is 1.18 bits per heavy atom. The first-order chi connectivity index (χ1) is 10.4. The number of aromatic nitrogens is 2. The van der Waals surface area contributed by atoms with Crippen LogP contribution in [0, 0.1) is 18.3 Å². The van der Waals surface area contributed by atoms with Crippen molar-refractivity contribution in [3.05, 3.63) is 57.0 Å². The van der Waals surface area contributed by atoms with Gasteiger partial charge >= 0.3 is 11.9 Å². The van der Waals surface area contributed by atoms with Gasteiger partial charge in [0.15, 0.2) is 5.69 Å². The van der Waals surface area contributed by atoms with Crippen LogP contribution < -0.4 is 5.56 Å². The maximum absolute atomic E-state index is 12.2. The maximum atomic E-state index is 12.2. The summed E-state index contributed by atoms with van der Waals surface area (Å²) in [5.41, 5.74) is -1.36. The van der Waals surface area contributed by atoms with E-state index in [1.54, 1.807) is 6.07 Å². The average Bonchev–Trinajstić information content (AvgIpc) is 2.47. The van der Waals surface area contributed by atoms with Crippen LogP contribution in [0.3, 0.4) is 0 Å². The summed E-state index contributed by atoms with van der Waals surface area (Å²) < 4.78 is 0.765. The molecule has 0 aliphatic carbocycles. The molecule has 110 valence electrons. The van der Waals surface area contributed by atoms with Crippen molar-refractivity contribution in [2.24, 2.45) is 0 Å². The molecule has 0 aliphatic heterocycles. The molecule has 0 fully saturated rings. The van der Waals surface area contributed by atoms with E-state index >= 15 is 0 Å². The standard InChI is InChI=1S/C14H9N3O5/c1-7-10(6-15)12(18)17(16-11(7)14(21)22)9-4-2-8(3-5-9)13(19)20/h2-5H,1H3,(H,19,20)(H,21,22). The zero-order valence-corrected chi connectivity index (χ0v) is 11.3. The lowest BCUT2D eigenvalue weighted by Crippen LogP contribution is -2.28. The topological polar surface area (TPSA) is 133 Å². The van der Waals surface area contributed by atoms with E-state index < -0.39 is 23.2 Å². The fourth-order valence-electron chi connectivity index (χ4n) is 1.86. The molecule has 0 radical (unpaired) electrons. The van der Waals surface area contributed by atoms with E-state index in [2.05, 4.69) is 5.10 Å². The van der Waals surface area contributed by atoms with Gasteiger partial charge in [-0.15, -0.1) is 0 Å². The van der Waals surface area contributed by atoms with Gasteiger partial charge in [-0.3, -0.25) is 4.79 Å². The van der Waals surface area contributed by atoms with Crippen molar-refractivity contribution in [3.8, 4) is 11.8 Å². The van der Waals surface area contributed by atoms with Gasteiger partial charge in [0.1, 0.15) is 11.6 Å². The second-order valence-electron chi connectivity index (χ2n) is 4.33. The minimum absolute atomic E-state index is 0.00266. The van der Waals surface area contributed by atoms with Crippen LogP contribution in [0.2, 0.25) is 0 Å². The number of carbonyl (C=O) groups is 2. The van der Waals surface area contributed by atoms with Crippen molar-refractivity contribution < 1.29 is 19.8 Å². The summed E-state index contributed by atoms with van der Waals surface area (Å²) in [6.45, 7) is 1.33. The molecular formula is C14H9N3O5. The highest BCUT2D eigenvalue weighted by Crippen LogP contribution is 2.11. The number of carboxylic acids is 2. The van der Waals surface area contributed by atoms with Crippen molar-refractivity contribution in [2.45, 2.75) is 6.92 Å². The molecule has 0 spiro atoms. The van der Waals surface area contributed by atoms with Crippen molar-refractivity contribution in [1.29, 1.82) is 5.26 Å². The Labute approximate surface area is 123 Å². The molecule has 1 aromatic carbocycles. The third-order valence-electron chi connectivity index (χ3n) is 3.01. The summed E-state index contributed by atoms with van der Waals surface area (Å²) in [6.07, 6.45) is 0. The molecule has 0 saturated heterocycles. The van der Waals surface area contributed by atoms with E-state index in [9.17, 15) is 14.4 Å². The number of hydrogen-bond acceptors (Lipinski definition) is 5. The highest BCUT2D eigenvalue weighted by molar-refractivity contribution is 5.88. The SMILES string of the molecule is Cc1c(C(=O)O)nn(-c2ccc(C(=O)O)cc2)c(=O)c1C#N. The smallest absolute Gasteiger partial charge is 0.356 e. The van der Waals surface area contributed by atoms with Gasteiger partial charge in [0.2, 0.25) is 0 Å². The van der Waals surface area contributed by atoms with Crippen molar-refractivity contribution in [1.82, 2.24) is 9.78 Å². The first-order valence-electron chi connectivity index (χ1n) is 5.98. The van der Waals surface area contributed by atoms with Crippen molar-refractivity contribution >= 4 is 11.9 Å². The van der Waals surface area contributed by atoms with Gasteiger partial charge < -0.3 is 10.2 Å². The van der Waals surface area contributed by atoms with Crippen LogP contribution in [0.25, 0.3) is 5.69 Å². The van der Waals surface area contributed by atoms with Gasteiger partial charge in [0, 0.05) is 5.56 Å². The minimum atomic E-state index is -1.37. The fourth-order valence-corrected chi connectivity index (χ4v) is 1.86. The maximum Gasteiger partial charge on any atom is 0.356 e. The fraction of sp³-hybridized carbons (Fsp3) is 0.0714. The van der Waals surface area contributed by atoms with E-state index in [1.165, 1.54) is 31.2 Å². The predicted molar refractivity (Wildman–Crippen MR) is 73.2 cm³/mol. The predicted octanol–water partition coefficient (Wildman–Crippen LogP) is 0.809. The monoisotopic (exact) mass is 299 g/mol. The Morgan fingerprint density at radius 3 is 2.23 bits per heavy atom. The van der Waals surface area contributed by atoms with Crippen molar-refractivity contribution in [3.63, 3.8) is 0 Å². The number of aromatic carboxylic acids is 2. The molecule has 2 N–H and O–H groups in total. The van der Waals surface area contributed by atoms with Crippen LogP contribution in [0.15, 0.2) is 29.1 Å². The van der Waals surface area contributed by atoms with E-state index in [0.29, 0.717) is 0 Å². The van der Waals surface area contributed by atoms with Crippen LogP contribution in [0.4, 0.5) is 0 Å². The van der Waals surface area contributed by atoms with E-state index in [4.69, 9.17) is 15.5 Å². The molecule has 0 unspecified atom stereocenters. The van der Waals surface area contributed by atoms with E-state index in [1.807, 2.05) is 0 Å². The molecule has 0 bridgehead atoms. The number of rotatable bonds is 3. The zero-order chi connectivity index (χ0) is 16.4. The summed E-state index contributed by atoms with van der Waals surface area (Å²) in [5, 5.41) is 30.7. The number of nitriles is 1. The second kappa shape index (κ2) is 5.49. The highest BCUT2D eigenvalue weighted by Gasteiger charge is 2.19. The van der Waals surface area contributed by atoms with E-state index in [0.717, 1.165) is 4.68 Å². The molecule has 1 heterocycles. The molecule has 0 aliphatic rings. The van der Waals surface area contributed by atoms with Gasteiger partial charge in [-0.1, -0.05) is 0 Å². The summed E-state index contributed by atoms with van der Waals surface area (Å²) in [4.78, 5) is 34.1. The highest BCUT2D eigenvalue weighted by atomic mass is 16.4. The van der Waals surface area contributed by atoms with Crippen LogP contribution in [0.1, 0.15) is 32.0 Å². The van der Waals surface area contributed by atoms with Crippen LogP contribution in [-0.2, 0) is 0 Å². The average molecular weight is 299 g/mol. The summed E-state index contributed by atoms with van der Waals surface area (Å²) >= 11 is 0. The van der Waals surface area contributed by atoms with E-state index in [-0.39, 0.29) is 22.4 Å². The lowest BCUT2D eigenvalue weighted by atomic mass is 10.1. The number of nitrogens with zero attached hydrogens (tertiary/aromatic N) is 3. The van der Waals surface area contributed by atoms with Crippen LogP contribution in [-0.4, -0.2) is 31.9 Å². The first-order valence-corrected chi connectivity index (χ1v) is 5.98. The second-order valence-corrected chi connectivity index (χ2v) is 4.33. The molecule has 2 rings (SSSR count). The van der Waals surface area contributed by atoms with Gasteiger partial charge in [-0.25, -0.2) is 9.59 Å². The molecule has 8 nitrogen and oxygen atoms in total. The molecule has 0 amide bonds. The van der Waals surface area contributed by atoms with Gasteiger partial charge in [0.25, 0.3) is 5.56 Å².